The van der Waals surface area contributed by atoms with Gasteiger partial charge in [0.25, 0.3) is 5.91 Å². The third-order valence-corrected chi connectivity index (χ3v) is 4.92. The minimum Gasteiger partial charge on any atom is -0.355 e. The van der Waals surface area contributed by atoms with E-state index in [-0.39, 0.29) is 10.8 Å². The van der Waals surface area contributed by atoms with E-state index in [2.05, 4.69) is 15.4 Å². The molecule has 0 fully saturated rings. The highest BCUT2D eigenvalue weighted by Crippen LogP contribution is 2.15. The van der Waals surface area contributed by atoms with Gasteiger partial charge in [-0.3, -0.25) is 9.59 Å². The minimum atomic E-state index is -3.58. The standard InChI is InChI=1S/C18H19N3O4S/c1-19-18(23)14-9-6-13(7-10-14)8-11-17(22)21-15-4-3-5-16(12-15)26(24,25)20-2/h3-12,20H,1-2H3,(H,19,23)(H,21,22)/b11-8+. The Labute approximate surface area is 152 Å². The Morgan fingerprint density at radius 2 is 1.69 bits per heavy atom. The summed E-state index contributed by atoms with van der Waals surface area (Å²) in [5.74, 6) is -0.589. The van der Waals surface area contributed by atoms with E-state index in [0.29, 0.717) is 11.3 Å². The van der Waals surface area contributed by atoms with Crippen molar-refractivity contribution in [1.29, 1.82) is 0 Å². The molecule has 0 spiro atoms. The first kappa shape index (κ1) is 19.4. The zero-order chi connectivity index (χ0) is 19.2. The van der Waals surface area contributed by atoms with Crippen molar-refractivity contribution in [3.63, 3.8) is 0 Å². The molecule has 0 radical (unpaired) electrons. The number of benzene rings is 2. The maximum Gasteiger partial charge on any atom is 0.251 e. The van der Waals surface area contributed by atoms with Crippen LogP contribution in [0.4, 0.5) is 5.69 Å². The highest BCUT2D eigenvalue weighted by molar-refractivity contribution is 7.89. The van der Waals surface area contributed by atoms with Gasteiger partial charge in [-0.1, -0.05) is 18.2 Å². The summed E-state index contributed by atoms with van der Waals surface area (Å²) in [6, 6.07) is 12.7. The van der Waals surface area contributed by atoms with Crippen molar-refractivity contribution in [2.24, 2.45) is 0 Å². The Hall–Kier alpha value is -2.97. The molecule has 0 bridgehead atoms. The fraction of sp³-hybridized carbons (Fsp3) is 0.111. The molecule has 0 aromatic heterocycles. The van der Waals surface area contributed by atoms with Crippen LogP contribution < -0.4 is 15.4 Å². The van der Waals surface area contributed by atoms with Crippen molar-refractivity contribution < 1.29 is 18.0 Å². The van der Waals surface area contributed by atoms with Crippen LogP contribution in [0.1, 0.15) is 15.9 Å². The summed E-state index contributed by atoms with van der Waals surface area (Å²) in [5.41, 5.74) is 1.64. The number of amides is 2. The Morgan fingerprint density at radius 1 is 1.00 bits per heavy atom. The van der Waals surface area contributed by atoms with Crippen molar-refractivity contribution in [3.05, 3.63) is 65.7 Å². The summed E-state index contributed by atoms with van der Waals surface area (Å²) >= 11 is 0. The number of rotatable bonds is 6. The van der Waals surface area contributed by atoms with Crippen molar-refractivity contribution in [1.82, 2.24) is 10.0 Å². The Morgan fingerprint density at radius 3 is 2.31 bits per heavy atom. The van der Waals surface area contributed by atoms with Gasteiger partial charge in [0.15, 0.2) is 0 Å². The van der Waals surface area contributed by atoms with E-state index in [1.54, 1.807) is 49.5 Å². The monoisotopic (exact) mass is 373 g/mol. The normalized spacial score (nSPS) is 11.3. The summed E-state index contributed by atoms with van der Waals surface area (Å²) < 4.78 is 25.8. The summed E-state index contributed by atoms with van der Waals surface area (Å²) in [4.78, 5) is 23.5. The van der Waals surface area contributed by atoms with Crippen molar-refractivity contribution in [2.45, 2.75) is 4.90 Å². The smallest absolute Gasteiger partial charge is 0.251 e. The molecule has 2 rings (SSSR count). The van der Waals surface area contributed by atoms with Crippen LogP contribution >= 0.6 is 0 Å². The lowest BCUT2D eigenvalue weighted by Crippen LogP contribution is -2.18. The molecule has 0 saturated carbocycles. The van der Waals surface area contributed by atoms with Gasteiger partial charge in [0.1, 0.15) is 0 Å². The molecule has 2 aromatic carbocycles. The molecule has 3 N–H and O–H groups in total. The fourth-order valence-electron chi connectivity index (χ4n) is 2.10. The average Bonchev–Trinajstić information content (AvgIpc) is 2.66. The van der Waals surface area contributed by atoms with Crippen molar-refractivity contribution >= 4 is 33.6 Å². The maximum atomic E-state index is 12.0. The third kappa shape index (κ3) is 5.01. The topological polar surface area (TPSA) is 104 Å². The molecule has 8 heteroatoms. The molecule has 0 aliphatic rings. The van der Waals surface area contributed by atoms with Crippen LogP contribution in [0.25, 0.3) is 6.08 Å². The van der Waals surface area contributed by atoms with Gasteiger partial charge in [0, 0.05) is 24.4 Å². The maximum absolute atomic E-state index is 12.0. The highest BCUT2D eigenvalue weighted by Gasteiger charge is 2.11. The number of hydrogen-bond donors (Lipinski definition) is 3. The van der Waals surface area contributed by atoms with E-state index in [9.17, 15) is 18.0 Å². The Kier molecular flexibility index (Phi) is 6.26. The molecule has 0 atom stereocenters. The lowest BCUT2D eigenvalue weighted by atomic mass is 10.1. The van der Waals surface area contributed by atoms with Gasteiger partial charge in [-0.2, -0.15) is 0 Å². The van der Waals surface area contributed by atoms with Gasteiger partial charge >= 0.3 is 0 Å². The van der Waals surface area contributed by atoms with Gasteiger partial charge in [-0.25, -0.2) is 13.1 Å². The van der Waals surface area contributed by atoms with E-state index in [1.807, 2.05) is 0 Å². The second-order valence-electron chi connectivity index (χ2n) is 5.26. The van der Waals surface area contributed by atoms with Crippen LogP contribution in [-0.4, -0.2) is 34.3 Å². The molecule has 2 aromatic rings. The molecule has 0 unspecified atom stereocenters. The Bertz CT molecular complexity index is 935. The first-order valence-corrected chi connectivity index (χ1v) is 9.19. The van der Waals surface area contributed by atoms with E-state index in [0.717, 1.165) is 5.56 Å². The predicted molar refractivity (Wildman–Crippen MR) is 100 cm³/mol. The molecular formula is C18H19N3O4S. The average molecular weight is 373 g/mol. The number of nitrogens with one attached hydrogen (secondary N) is 3. The third-order valence-electron chi connectivity index (χ3n) is 3.51. The molecule has 2 amide bonds. The lowest BCUT2D eigenvalue weighted by Gasteiger charge is -2.06. The number of carbonyl (C=O) groups is 2. The second-order valence-corrected chi connectivity index (χ2v) is 7.15. The van der Waals surface area contributed by atoms with Crippen molar-refractivity contribution in [3.8, 4) is 0 Å². The van der Waals surface area contributed by atoms with Crippen LogP contribution in [0.5, 0.6) is 0 Å². The largest absolute Gasteiger partial charge is 0.355 e. The SMILES string of the molecule is CNC(=O)c1ccc(/C=C/C(=O)Nc2cccc(S(=O)(=O)NC)c2)cc1. The summed E-state index contributed by atoms with van der Waals surface area (Å²) in [6.07, 6.45) is 2.92. The van der Waals surface area contributed by atoms with Crippen LogP contribution in [0.2, 0.25) is 0 Å². The zero-order valence-electron chi connectivity index (χ0n) is 14.3. The number of carbonyl (C=O) groups excluding carboxylic acids is 2. The van der Waals surface area contributed by atoms with E-state index in [1.165, 1.54) is 25.3 Å². The van der Waals surface area contributed by atoms with Crippen LogP contribution in [0, 0.1) is 0 Å². The van der Waals surface area contributed by atoms with Crippen LogP contribution in [0.15, 0.2) is 59.5 Å². The Balaban J connectivity index is 2.06. The molecule has 136 valence electrons. The molecule has 26 heavy (non-hydrogen) atoms. The summed E-state index contributed by atoms with van der Waals surface area (Å²) in [5, 5.41) is 5.13. The quantitative estimate of drug-likeness (QED) is 0.669. The summed E-state index contributed by atoms with van der Waals surface area (Å²) in [7, 11) is -0.706. The summed E-state index contributed by atoms with van der Waals surface area (Å²) in [6.45, 7) is 0. The second kappa shape index (κ2) is 8.41. The molecule has 0 heterocycles. The molecular weight excluding hydrogens is 354 g/mol. The lowest BCUT2D eigenvalue weighted by molar-refractivity contribution is -0.111. The van der Waals surface area contributed by atoms with Gasteiger partial charge in [-0.15, -0.1) is 0 Å². The number of sulfonamides is 1. The van der Waals surface area contributed by atoms with Gasteiger partial charge in [0.2, 0.25) is 15.9 Å². The zero-order valence-corrected chi connectivity index (χ0v) is 15.1. The number of anilines is 1. The first-order valence-electron chi connectivity index (χ1n) is 7.70. The minimum absolute atomic E-state index is 0.0616. The van der Waals surface area contributed by atoms with Crippen molar-refractivity contribution in [2.75, 3.05) is 19.4 Å². The first-order chi connectivity index (χ1) is 12.4. The van der Waals surface area contributed by atoms with Gasteiger partial charge in [-0.05, 0) is 49.0 Å². The van der Waals surface area contributed by atoms with Crippen LogP contribution in [0.3, 0.4) is 0 Å². The predicted octanol–water partition coefficient (Wildman–Crippen LogP) is 1.61. The fourth-order valence-corrected chi connectivity index (χ4v) is 2.88. The van der Waals surface area contributed by atoms with E-state index in [4.69, 9.17) is 0 Å². The van der Waals surface area contributed by atoms with Gasteiger partial charge < -0.3 is 10.6 Å². The van der Waals surface area contributed by atoms with E-state index >= 15 is 0 Å². The molecule has 0 aliphatic carbocycles. The highest BCUT2D eigenvalue weighted by atomic mass is 32.2. The van der Waals surface area contributed by atoms with Gasteiger partial charge in [0.05, 0.1) is 4.90 Å². The molecule has 0 saturated heterocycles. The van der Waals surface area contributed by atoms with E-state index < -0.39 is 15.9 Å². The van der Waals surface area contributed by atoms with Crippen LogP contribution in [-0.2, 0) is 14.8 Å². The molecule has 7 nitrogen and oxygen atoms in total. The number of hydrogen-bond acceptors (Lipinski definition) is 4. The molecule has 0 aliphatic heterocycles.